The molecule has 1 aromatic heterocycles. The Kier molecular flexibility index (Phi) is 4.70. The Morgan fingerprint density at radius 2 is 1.84 bits per heavy atom. The van der Waals surface area contributed by atoms with Crippen molar-refractivity contribution >= 4 is 5.97 Å². The van der Waals surface area contributed by atoms with E-state index in [1.165, 1.54) is 5.56 Å². The zero-order valence-corrected chi connectivity index (χ0v) is 14.8. The molecule has 0 atom stereocenters. The Morgan fingerprint density at radius 1 is 1.08 bits per heavy atom. The van der Waals surface area contributed by atoms with Gasteiger partial charge in [-0.15, -0.1) is 0 Å². The van der Waals surface area contributed by atoms with Gasteiger partial charge in [0.15, 0.2) is 5.54 Å². The van der Waals surface area contributed by atoms with Gasteiger partial charge in [-0.05, 0) is 38.5 Å². The molecule has 25 heavy (non-hydrogen) atoms. The number of aromatic nitrogens is 2. The lowest BCUT2D eigenvalue weighted by atomic mass is 10.1. The summed E-state index contributed by atoms with van der Waals surface area (Å²) in [5, 5.41) is 4.59. The number of carbonyl (C=O) groups is 1. The van der Waals surface area contributed by atoms with Gasteiger partial charge in [-0.25, -0.2) is 4.79 Å². The summed E-state index contributed by atoms with van der Waals surface area (Å²) >= 11 is 0. The third kappa shape index (κ3) is 3.79. The van der Waals surface area contributed by atoms with Gasteiger partial charge in [-0.3, -0.25) is 4.68 Å². The Bertz CT molecular complexity index is 866. The number of rotatable bonds is 5. The van der Waals surface area contributed by atoms with Crippen molar-refractivity contribution < 1.29 is 9.53 Å². The summed E-state index contributed by atoms with van der Waals surface area (Å²) in [6.45, 7) is 5.93. The molecule has 0 fully saturated rings. The summed E-state index contributed by atoms with van der Waals surface area (Å²) < 4.78 is 7.15. The molecular weight excluding hydrogens is 312 g/mol. The normalized spacial score (nSPS) is 11.3. The minimum atomic E-state index is -0.878. The van der Waals surface area contributed by atoms with Crippen molar-refractivity contribution in [3.8, 4) is 11.3 Å². The summed E-state index contributed by atoms with van der Waals surface area (Å²) in [6.07, 6.45) is 1.82. The lowest BCUT2D eigenvalue weighted by molar-refractivity contribution is -0.154. The van der Waals surface area contributed by atoms with E-state index in [1.54, 1.807) is 4.68 Å². The molecule has 0 saturated carbocycles. The molecule has 0 aliphatic carbocycles. The predicted molar refractivity (Wildman–Crippen MR) is 98.0 cm³/mol. The van der Waals surface area contributed by atoms with E-state index in [0.717, 1.165) is 16.8 Å². The molecular formula is C21H22N2O2. The largest absolute Gasteiger partial charge is 0.459 e. The average Bonchev–Trinajstić information content (AvgIpc) is 3.11. The number of esters is 1. The number of aryl methyl sites for hydroxylation is 1. The van der Waals surface area contributed by atoms with E-state index < -0.39 is 5.54 Å². The first-order valence-corrected chi connectivity index (χ1v) is 8.31. The second-order valence-corrected chi connectivity index (χ2v) is 6.64. The molecule has 0 saturated heterocycles. The van der Waals surface area contributed by atoms with Gasteiger partial charge in [0.25, 0.3) is 0 Å². The molecule has 2 aromatic carbocycles. The fraction of sp³-hybridized carbons (Fsp3) is 0.238. The number of ether oxygens (including phenoxy) is 1. The van der Waals surface area contributed by atoms with Crippen LogP contribution in [0.4, 0.5) is 0 Å². The molecule has 4 heteroatoms. The number of hydrogen-bond acceptors (Lipinski definition) is 3. The predicted octanol–water partition coefficient (Wildman–Crippen LogP) is 4.34. The Balaban J connectivity index is 1.74. The van der Waals surface area contributed by atoms with Crippen molar-refractivity contribution in [2.45, 2.75) is 32.9 Å². The SMILES string of the molecule is Cc1cccc(-c2ccn(C(C)(C)C(=O)OCc3ccccc3)n2)c1. The van der Waals surface area contributed by atoms with Crippen molar-refractivity contribution in [1.29, 1.82) is 0 Å². The molecule has 3 aromatic rings. The van der Waals surface area contributed by atoms with Crippen molar-refractivity contribution in [2.75, 3.05) is 0 Å². The Morgan fingerprint density at radius 3 is 2.56 bits per heavy atom. The molecule has 3 rings (SSSR count). The van der Waals surface area contributed by atoms with E-state index in [0.29, 0.717) is 0 Å². The maximum atomic E-state index is 12.6. The summed E-state index contributed by atoms with van der Waals surface area (Å²) in [5.74, 6) is -0.310. The molecule has 0 aliphatic rings. The van der Waals surface area contributed by atoms with Crippen LogP contribution < -0.4 is 0 Å². The quantitative estimate of drug-likeness (QED) is 0.652. The highest BCUT2D eigenvalue weighted by molar-refractivity contribution is 5.78. The van der Waals surface area contributed by atoms with Crippen molar-refractivity contribution in [2.24, 2.45) is 0 Å². The van der Waals surface area contributed by atoms with Gasteiger partial charge >= 0.3 is 5.97 Å². The second kappa shape index (κ2) is 6.93. The highest BCUT2D eigenvalue weighted by atomic mass is 16.5. The second-order valence-electron chi connectivity index (χ2n) is 6.64. The van der Waals surface area contributed by atoms with Crippen LogP contribution in [0.3, 0.4) is 0 Å². The average molecular weight is 334 g/mol. The third-order valence-electron chi connectivity index (χ3n) is 4.19. The van der Waals surface area contributed by atoms with Gasteiger partial charge in [0.2, 0.25) is 0 Å². The van der Waals surface area contributed by atoms with Crippen molar-refractivity contribution in [3.63, 3.8) is 0 Å². The lowest BCUT2D eigenvalue weighted by Crippen LogP contribution is -2.37. The molecule has 1 heterocycles. The van der Waals surface area contributed by atoms with Gasteiger partial charge in [0, 0.05) is 11.8 Å². The van der Waals surface area contributed by atoms with E-state index in [4.69, 9.17) is 4.74 Å². The van der Waals surface area contributed by atoms with Crippen LogP contribution in [0, 0.1) is 6.92 Å². The third-order valence-corrected chi connectivity index (χ3v) is 4.19. The zero-order chi connectivity index (χ0) is 17.9. The Hall–Kier alpha value is -2.88. The van der Waals surface area contributed by atoms with Crippen LogP contribution in [-0.2, 0) is 21.7 Å². The molecule has 0 aliphatic heterocycles. The minimum Gasteiger partial charge on any atom is -0.459 e. The lowest BCUT2D eigenvalue weighted by Gasteiger charge is -2.23. The number of carbonyl (C=O) groups excluding carboxylic acids is 1. The van der Waals surface area contributed by atoms with Crippen LogP contribution in [0.25, 0.3) is 11.3 Å². The summed E-state index contributed by atoms with van der Waals surface area (Å²) in [5.41, 5.74) is 3.14. The molecule has 4 nitrogen and oxygen atoms in total. The van der Waals surface area contributed by atoms with Crippen LogP contribution in [0.1, 0.15) is 25.0 Å². The minimum absolute atomic E-state index is 0.259. The van der Waals surface area contributed by atoms with Crippen LogP contribution in [0.15, 0.2) is 66.9 Å². The van der Waals surface area contributed by atoms with E-state index in [-0.39, 0.29) is 12.6 Å². The summed E-state index contributed by atoms with van der Waals surface area (Å²) in [4.78, 5) is 12.6. The van der Waals surface area contributed by atoms with Crippen molar-refractivity contribution in [3.05, 3.63) is 78.0 Å². The number of benzene rings is 2. The van der Waals surface area contributed by atoms with Gasteiger partial charge in [0.1, 0.15) is 6.61 Å². The monoisotopic (exact) mass is 334 g/mol. The summed E-state index contributed by atoms with van der Waals surface area (Å²) in [6, 6.07) is 19.7. The topological polar surface area (TPSA) is 44.1 Å². The van der Waals surface area contributed by atoms with Crippen molar-refractivity contribution in [1.82, 2.24) is 9.78 Å². The van der Waals surface area contributed by atoms with Crippen LogP contribution in [-0.4, -0.2) is 15.7 Å². The number of hydrogen-bond donors (Lipinski definition) is 0. The van der Waals surface area contributed by atoms with Gasteiger partial charge in [-0.2, -0.15) is 5.10 Å². The summed E-state index contributed by atoms with van der Waals surface area (Å²) in [7, 11) is 0. The van der Waals surface area contributed by atoms with E-state index in [9.17, 15) is 4.79 Å². The number of nitrogens with zero attached hydrogens (tertiary/aromatic N) is 2. The highest BCUT2D eigenvalue weighted by Crippen LogP contribution is 2.23. The molecule has 0 unspecified atom stereocenters. The molecule has 0 bridgehead atoms. The van der Waals surface area contributed by atoms with Gasteiger partial charge in [-0.1, -0.05) is 54.1 Å². The fourth-order valence-electron chi connectivity index (χ4n) is 2.59. The van der Waals surface area contributed by atoms with E-state index in [1.807, 2.05) is 81.6 Å². The highest BCUT2D eigenvalue weighted by Gasteiger charge is 2.32. The zero-order valence-electron chi connectivity index (χ0n) is 14.8. The first-order chi connectivity index (χ1) is 12.0. The van der Waals surface area contributed by atoms with Crippen LogP contribution >= 0.6 is 0 Å². The standard InChI is InChI=1S/C21H22N2O2/c1-16-8-7-11-18(14-16)19-12-13-23(22-19)21(2,3)20(24)25-15-17-9-5-4-6-10-17/h4-14H,15H2,1-3H3. The van der Waals surface area contributed by atoms with Crippen LogP contribution in [0.5, 0.6) is 0 Å². The first kappa shape index (κ1) is 17.0. The van der Waals surface area contributed by atoms with E-state index in [2.05, 4.69) is 11.2 Å². The van der Waals surface area contributed by atoms with Gasteiger partial charge in [0.05, 0.1) is 5.69 Å². The van der Waals surface area contributed by atoms with Crippen LogP contribution in [0.2, 0.25) is 0 Å². The van der Waals surface area contributed by atoms with E-state index >= 15 is 0 Å². The first-order valence-electron chi connectivity index (χ1n) is 8.31. The molecule has 0 spiro atoms. The maximum absolute atomic E-state index is 12.6. The molecule has 0 radical (unpaired) electrons. The van der Waals surface area contributed by atoms with Gasteiger partial charge < -0.3 is 4.74 Å². The fourth-order valence-corrected chi connectivity index (χ4v) is 2.59. The molecule has 128 valence electrons. The Labute approximate surface area is 148 Å². The maximum Gasteiger partial charge on any atom is 0.333 e. The molecule has 0 amide bonds. The molecule has 0 N–H and O–H groups in total. The smallest absolute Gasteiger partial charge is 0.333 e.